The number of rotatable bonds is 1. The summed E-state index contributed by atoms with van der Waals surface area (Å²) in [5.74, 6) is 0. The Hall–Kier alpha value is -0.910. The van der Waals surface area contributed by atoms with Crippen molar-refractivity contribution >= 4 is 12.8 Å². The summed E-state index contributed by atoms with van der Waals surface area (Å²) in [6.45, 7) is 3.59. The summed E-state index contributed by atoms with van der Waals surface area (Å²) in [5, 5.41) is 0. The van der Waals surface area contributed by atoms with Crippen molar-refractivity contribution in [3.63, 3.8) is 0 Å². The van der Waals surface area contributed by atoms with Crippen LogP contribution in [0.15, 0.2) is 9.59 Å². The fourth-order valence-electron chi connectivity index (χ4n) is 0.836. The van der Waals surface area contributed by atoms with Gasteiger partial charge in [-0.05, 0) is 26.7 Å². The molecule has 1 aromatic rings. The molecule has 1 rings (SSSR count). The summed E-state index contributed by atoms with van der Waals surface area (Å²) < 4.78 is 2.19. The number of hydrogen-bond donors (Lipinski definition) is 2. The van der Waals surface area contributed by atoms with E-state index >= 15 is 0 Å². The number of thiol groups is 1. The van der Waals surface area contributed by atoms with Crippen LogP contribution in [0.2, 0.25) is 0 Å². The minimum Gasteiger partial charge on any atom is -0.256 e. The second-order valence-electron chi connectivity index (χ2n) is 2.46. The van der Waals surface area contributed by atoms with E-state index in [0.717, 1.165) is 4.09 Å². The van der Waals surface area contributed by atoms with Gasteiger partial charge in [0.05, 0.1) is 6.04 Å². The highest BCUT2D eigenvalue weighted by molar-refractivity contribution is 7.78. The van der Waals surface area contributed by atoms with Crippen LogP contribution in [0.4, 0.5) is 0 Å². The van der Waals surface area contributed by atoms with Crippen molar-refractivity contribution in [1.29, 1.82) is 0 Å². The Bertz CT molecular complexity index is 359. The molecule has 0 aliphatic carbocycles. The van der Waals surface area contributed by atoms with E-state index in [4.69, 9.17) is 0 Å². The van der Waals surface area contributed by atoms with Gasteiger partial charge in [0, 0.05) is 0 Å². The van der Waals surface area contributed by atoms with Gasteiger partial charge in [-0.3, -0.25) is 4.98 Å². The number of nitrogens with one attached hydrogen (secondary N) is 1. The Labute approximate surface area is 68.2 Å². The minimum absolute atomic E-state index is 0.0704. The molecule has 0 fully saturated rings. The zero-order chi connectivity index (χ0) is 8.59. The maximum atomic E-state index is 10.9. The summed E-state index contributed by atoms with van der Waals surface area (Å²) in [5.41, 5.74) is -0.938. The fourth-order valence-corrected chi connectivity index (χ4v) is 1.17. The summed E-state index contributed by atoms with van der Waals surface area (Å²) in [6.07, 6.45) is 0. The lowest BCUT2D eigenvalue weighted by atomic mass is 10.4. The van der Waals surface area contributed by atoms with E-state index in [0.29, 0.717) is 0 Å². The summed E-state index contributed by atoms with van der Waals surface area (Å²) in [4.78, 5) is 23.8. The quantitative estimate of drug-likeness (QED) is 0.571. The number of H-pyrrole nitrogens is 1. The smallest absolute Gasteiger partial charge is 0.256 e. The fraction of sp³-hybridized carbons (Fsp3) is 0.600. The molecule has 0 aromatic carbocycles. The molecule has 1 aromatic heterocycles. The van der Waals surface area contributed by atoms with E-state index in [9.17, 15) is 9.59 Å². The van der Waals surface area contributed by atoms with Gasteiger partial charge in [-0.2, -0.15) is 4.09 Å². The standard InChI is InChI=1S/C5H9N3O2S/c1-3(2)7-4(9)6-5(10)8(7)11/h3,11H,1-2H3,(H,6,9,10). The van der Waals surface area contributed by atoms with E-state index in [1.807, 2.05) is 0 Å². The van der Waals surface area contributed by atoms with Crippen LogP contribution >= 0.6 is 12.8 Å². The number of hydrogen-bond acceptors (Lipinski definition) is 3. The Morgan fingerprint density at radius 1 is 1.36 bits per heavy atom. The first kappa shape index (κ1) is 8.19. The molecule has 0 spiro atoms. The highest BCUT2D eigenvalue weighted by atomic mass is 32.1. The van der Waals surface area contributed by atoms with Crippen LogP contribution in [-0.4, -0.2) is 13.8 Å². The highest BCUT2D eigenvalue weighted by Crippen LogP contribution is 1.96. The zero-order valence-corrected chi connectivity index (χ0v) is 7.13. The molecule has 0 aliphatic rings. The molecule has 1 N–H and O–H groups in total. The average Bonchev–Trinajstić information content (AvgIpc) is 2.07. The van der Waals surface area contributed by atoms with E-state index in [1.54, 1.807) is 13.8 Å². The maximum absolute atomic E-state index is 10.9. The topological polar surface area (TPSA) is 59.8 Å². The van der Waals surface area contributed by atoms with Crippen LogP contribution in [0, 0.1) is 0 Å². The molecule has 5 nitrogen and oxygen atoms in total. The molecular formula is C5H9N3O2S. The molecule has 0 atom stereocenters. The Morgan fingerprint density at radius 2 is 1.91 bits per heavy atom. The lowest BCUT2D eigenvalue weighted by molar-refractivity contribution is 0.494. The molecule has 0 saturated carbocycles. The molecule has 62 valence electrons. The monoisotopic (exact) mass is 175 g/mol. The second-order valence-corrected chi connectivity index (χ2v) is 2.84. The van der Waals surface area contributed by atoms with Crippen LogP contribution < -0.4 is 11.4 Å². The first-order chi connectivity index (χ1) is 5.04. The molecule has 0 saturated heterocycles. The predicted molar refractivity (Wildman–Crippen MR) is 44.1 cm³/mol. The molecule has 11 heavy (non-hydrogen) atoms. The van der Waals surface area contributed by atoms with Crippen molar-refractivity contribution in [2.45, 2.75) is 19.9 Å². The van der Waals surface area contributed by atoms with Crippen molar-refractivity contribution in [1.82, 2.24) is 13.8 Å². The lowest BCUT2D eigenvalue weighted by Crippen LogP contribution is -2.23. The van der Waals surface area contributed by atoms with Gasteiger partial charge >= 0.3 is 11.4 Å². The molecular weight excluding hydrogens is 166 g/mol. The maximum Gasteiger partial charge on any atom is 0.354 e. The van der Waals surface area contributed by atoms with Gasteiger partial charge < -0.3 is 0 Å². The van der Waals surface area contributed by atoms with E-state index < -0.39 is 11.4 Å². The van der Waals surface area contributed by atoms with Gasteiger partial charge in [-0.15, -0.1) is 0 Å². The summed E-state index contributed by atoms with van der Waals surface area (Å²) in [6, 6.07) is -0.0704. The van der Waals surface area contributed by atoms with E-state index in [2.05, 4.69) is 17.8 Å². The number of aromatic amines is 1. The Kier molecular flexibility index (Phi) is 1.95. The van der Waals surface area contributed by atoms with Crippen molar-refractivity contribution in [3.05, 3.63) is 21.0 Å². The Morgan fingerprint density at radius 3 is 2.09 bits per heavy atom. The third kappa shape index (κ3) is 1.25. The van der Waals surface area contributed by atoms with Gasteiger partial charge in [-0.1, -0.05) is 0 Å². The molecule has 0 unspecified atom stereocenters. The lowest BCUT2D eigenvalue weighted by Gasteiger charge is -2.05. The van der Waals surface area contributed by atoms with Crippen molar-refractivity contribution in [2.24, 2.45) is 0 Å². The average molecular weight is 175 g/mol. The number of nitrogens with zero attached hydrogens (tertiary/aromatic N) is 2. The SMILES string of the molecule is CC(C)n1c(=O)[nH]c(=O)n1S. The number of aromatic nitrogens is 3. The molecule has 0 aliphatic heterocycles. The van der Waals surface area contributed by atoms with Crippen molar-refractivity contribution in [3.8, 4) is 0 Å². The summed E-state index contributed by atoms with van der Waals surface area (Å²) >= 11 is 3.81. The normalized spacial score (nSPS) is 10.9. The first-order valence-corrected chi connectivity index (χ1v) is 3.57. The zero-order valence-electron chi connectivity index (χ0n) is 6.24. The molecule has 0 amide bonds. The Balaban J connectivity index is 3.47. The van der Waals surface area contributed by atoms with Crippen LogP contribution in [-0.2, 0) is 0 Å². The first-order valence-electron chi connectivity index (χ1n) is 3.17. The van der Waals surface area contributed by atoms with Gasteiger partial charge in [-0.25, -0.2) is 14.3 Å². The van der Waals surface area contributed by atoms with Gasteiger partial charge in [0.2, 0.25) is 0 Å². The van der Waals surface area contributed by atoms with Crippen LogP contribution in [0.1, 0.15) is 19.9 Å². The second kappa shape index (κ2) is 2.61. The van der Waals surface area contributed by atoms with Gasteiger partial charge in [0.25, 0.3) is 0 Å². The summed E-state index contributed by atoms with van der Waals surface area (Å²) in [7, 11) is 0. The molecule has 1 heterocycles. The third-order valence-electron chi connectivity index (χ3n) is 1.30. The largest absolute Gasteiger partial charge is 0.354 e. The minimum atomic E-state index is -0.507. The van der Waals surface area contributed by atoms with Crippen molar-refractivity contribution < 1.29 is 0 Å². The van der Waals surface area contributed by atoms with E-state index in [1.165, 1.54) is 4.68 Å². The molecule has 6 heteroatoms. The molecule has 0 radical (unpaired) electrons. The van der Waals surface area contributed by atoms with Crippen LogP contribution in [0.25, 0.3) is 0 Å². The van der Waals surface area contributed by atoms with Crippen molar-refractivity contribution in [2.75, 3.05) is 0 Å². The van der Waals surface area contributed by atoms with Gasteiger partial charge in [0.15, 0.2) is 0 Å². The van der Waals surface area contributed by atoms with Crippen LogP contribution in [0.3, 0.4) is 0 Å². The van der Waals surface area contributed by atoms with Gasteiger partial charge in [0.1, 0.15) is 0 Å². The predicted octanol–water partition coefficient (Wildman–Crippen LogP) is -0.388. The molecule has 0 bridgehead atoms. The third-order valence-corrected chi connectivity index (χ3v) is 1.67. The van der Waals surface area contributed by atoms with E-state index in [-0.39, 0.29) is 6.04 Å². The highest BCUT2D eigenvalue weighted by Gasteiger charge is 2.07. The van der Waals surface area contributed by atoms with Crippen LogP contribution in [0.5, 0.6) is 0 Å².